The predicted molar refractivity (Wildman–Crippen MR) is 109 cm³/mol. The van der Waals surface area contributed by atoms with Crippen molar-refractivity contribution in [3.63, 3.8) is 0 Å². The van der Waals surface area contributed by atoms with Gasteiger partial charge in [0.15, 0.2) is 0 Å². The summed E-state index contributed by atoms with van der Waals surface area (Å²) >= 11 is 0. The van der Waals surface area contributed by atoms with Crippen LogP contribution in [0.2, 0.25) is 0 Å². The minimum absolute atomic E-state index is 0.00808. The molecule has 0 bridgehead atoms. The Kier molecular flexibility index (Phi) is 4.74. The molecule has 3 fully saturated rings. The molecule has 4 aliphatic rings. The number of carbonyl (C=O) groups is 1. The highest BCUT2D eigenvalue weighted by Crippen LogP contribution is 2.38. The monoisotopic (exact) mass is 430 g/mol. The molecule has 3 unspecified atom stereocenters. The maximum absolute atomic E-state index is 12.7. The fraction of sp³-hybridized carbons (Fsp3) is 0.600. The van der Waals surface area contributed by atoms with E-state index in [4.69, 9.17) is 0 Å². The van der Waals surface area contributed by atoms with Crippen molar-refractivity contribution in [2.45, 2.75) is 55.4 Å². The number of amides is 1. The first kappa shape index (κ1) is 19.8. The summed E-state index contributed by atoms with van der Waals surface area (Å²) in [4.78, 5) is 13.1. The smallest absolute Gasteiger partial charge is 0.243 e. The Morgan fingerprint density at radius 2 is 2.07 bits per heavy atom. The van der Waals surface area contributed by atoms with E-state index in [0.717, 1.165) is 36.9 Å². The number of anilines is 1. The van der Waals surface area contributed by atoms with Crippen molar-refractivity contribution in [1.29, 1.82) is 5.26 Å². The van der Waals surface area contributed by atoms with Gasteiger partial charge in [-0.1, -0.05) is 6.42 Å². The van der Waals surface area contributed by atoms with Gasteiger partial charge in [0.1, 0.15) is 6.17 Å². The number of hydrogen-bond donors (Lipinski definition) is 3. The van der Waals surface area contributed by atoms with Crippen molar-refractivity contribution in [3.05, 3.63) is 23.8 Å². The van der Waals surface area contributed by atoms with E-state index in [2.05, 4.69) is 27.1 Å². The largest absolute Gasteiger partial charge is 0.368 e. The number of nitrogens with zero attached hydrogens (tertiary/aromatic N) is 3. The highest BCUT2D eigenvalue weighted by atomic mass is 32.2. The van der Waals surface area contributed by atoms with Crippen LogP contribution in [-0.2, 0) is 21.4 Å². The molecule has 3 aliphatic heterocycles. The molecule has 10 heteroatoms. The molecule has 1 aromatic rings. The number of hydrazine groups is 1. The maximum Gasteiger partial charge on any atom is 0.243 e. The molecule has 1 aromatic carbocycles. The number of nitrogens with one attached hydrogen (secondary N) is 3. The summed E-state index contributed by atoms with van der Waals surface area (Å²) in [7, 11) is -1.83. The average molecular weight is 431 g/mol. The zero-order chi connectivity index (χ0) is 21.0. The van der Waals surface area contributed by atoms with Gasteiger partial charge in [0, 0.05) is 37.9 Å². The summed E-state index contributed by atoms with van der Waals surface area (Å²) in [6, 6.07) is 7.82. The van der Waals surface area contributed by atoms with Gasteiger partial charge in [-0.15, -0.1) is 0 Å². The van der Waals surface area contributed by atoms with Crippen molar-refractivity contribution in [2.75, 3.05) is 18.9 Å². The van der Waals surface area contributed by atoms with Crippen LogP contribution in [-0.4, -0.2) is 55.5 Å². The Hall–Kier alpha value is -2.19. The lowest BCUT2D eigenvalue weighted by molar-refractivity contribution is -0.128. The number of rotatable bonds is 3. The highest BCUT2D eigenvalue weighted by molar-refractivity contribution is 7.89. The van der Waals surface area contributed by atoms with Crippen LogP contribution in [0.5, 0.6) is 0 Å². The normalized spacial score (nSPS) is 35.5. The third-order valence-electron chi connectivity index (χ3n) is 6.93. The van der Waals surface area contributed by atoms with Gasteiger partial charge in [-0.2, -0.15) is 9.57 Å². The van der Waals surface area contributed by atoms with Crippen LogP contribution in [0.25, 0.3) is 0 Å². The van der Waals surface area contributed by atoms with E-state index in [1.54, 1.807) is 19.2 Å². The van der Waals surface area contributed by atoms with E-state index in [1.807, 2.05) is 6.07 Å². The minimum atomic E-state index is -3.40. The van der Waals surface area contributed by atoms with E-state index < -0.39 is 10.0 Å². The number of sulfonamides is 1. The molecule has 5 atom stereocenters. The van der Waals surface area contributed by atoms with Crippen LogP contribution in [0.15, 0.2) is 23.1 Å². The van der Waals surface area contributed by atoms with Gasteiger partial charge in [0.2, 0.25) is 15.9 Å². The van der Waals surface area contributed by atoms with Gasteiger partial charge >= 0.3 is 0 Å². The lowest BCUT2D eigenvalue weighted by Crippen LogP contribution is -2.52. The molecule has 30 heavy (non-hydrogen) atoms. The van der Waals surface area contributed by atoms with Crippen LogP contribution in [0, 0.1) is 23.2 Å². The molecule has 0 aromatic heterocycles. The predicted octanol–water partition coefficient (Wildman–Crippen LogP) is 0.576. The molecule has 3 N–H and O–H groups in total. The lowest BCUT2D eigenvalue weighted by Gasteiger charge is -2.35. The molecular formula is C20H26N6O3S. The van der Waals surface area contributed by atoms with Gasteiger partial charge in [-0.3, -0.25) is 4.79 Å². The second-order valence-electron chi connectivity index (χ2n) is 8.65. The SMILES string of the molecule is CN1Cc2cc(NC3NN([C@H]4CCC[C@@H]4C#N)C4CCNC(=O)C34)ccc2S1(=O)=O. The first-order valence-corrected chi connectivity index (χ1v) is 11.9. The number of fused-ring (bicyclic) bond motifs is 2. The number of carbonyl (C=O) groups excluding carboxylic acids is 1. The molecule has 160 valence electrons. The number of piperidine rings is 1. The van der Waals surface area contributed by atoms with Crippen molar-refractivity contribution >= 4 is 21.6 Å². The second kappa shape index (κ2) is 7.20. The van der Waals surface area contributed by atoms with E-state index in [9.17, 15) is 18.5 Å². The fourth-order valence-corrected chi connectivity index (χ4v) is 6.78. The molecule has 1 saturated carbocycles. The summed E-state index contributed by atoms with van der Waals surface area (Å²) in [5.41, 5.74) is 5.02. The molecule has 2 saturated heterocycles. The zero-order valence-electron chi connectivity index (χ0n) is 16.8. The molecule has 1 amide bonds. The lowest BCUT2D eigenvalue weighted by atomic mass is 9.90. The van der Waals surface area contributed by atoms with Crippen LogP contribution < -0.4 is 16.1 Å². The van der Waals surface area contributed by atoms with Gasteiger partial charge < -0.3 is 10.6 Å². The van der Waals surface area contributed by atoms with Crippen molar-refractivity contribution < 1.29 is 13.2 Å². The topological polar surface area (TPSA) is 118 Å². The average Bonchev–Trinajstić information content (AvgIpc) is 3.38. The summed E-state index contributed by atoms with van der Waals surface area (Å²) in [6.45, 7) is 0.980. The molecule has 0 radical (unpaired) electrons. The number of nitriles is 1. The van der Waals surface area contributed by atoms with E-state index in [1.165, 1.54) is 4.31 Å². The third kappa shape index (κ3) is 3.00. The Morgan fingerprint density at radius 1 is 1.23 bits per heavy atom. The Labute approximate surface area is 176 Å². The second-order valence-corrected chi connectivity index (χ2v) is 10.7. The third-order valence-corrected chi connectivity index (χ3v) is 8.83. The van der Waals surface area contributed by atoms with Crippen LogP contribution in [0.4, 0.5) is 5.69 Å². The Balaban J connectivity index is 1.41. The fourth-order valence-electron chi connectivity index (χ4n) is 5.44. The number of hydrogen-bond acceptors (Lipinski definition) is 7. The van der Waals surface area contributed by atoms with Gasteiger partial charge in [0.05, 0.1) is 22.8 Å². The summed E-state index contributed by atoms with van der Waals surface area (Å²) < 4.78 is 26.0. The van der Waals surface area contributed by atoms with Gasteiger partial charge in [-0.05, 0) is 43.0 Å². The van der Waals surface area contributed by atoms with Crippen LogP contribution in [0.1, 0.15) is 31.2 Å². The van der Waals surface area contributed by atoms with Gasteiger partial charge in [0.25, 0.3) is 0 Å². The minimum Gasteiger partial charge on any atom is -0.368 e. The molecule has 5 rings (SSSR count). The van der Waals surface area contributed by atoms with Crippen molar-refractivity contribution in [2.24, 2.45) is 11.8 Å². The summed E-state index contributed by atoms with van der Waals surface area (Å²) in [5, 5.41) is 18.1. The quantitative estimate of drug-likeness (QED) is 0.642. The van der Waals surface area contributed by atoms with Gasteiger partial charge in [-0.25, -0.2) is 18.9 Å². The van der Waals surface area contributed by atoms with Crippen LogP contribution in [0.3, 0.4) is 0 Å². The first-order valence-electron chi connectivity index (χ1n) is 10.5. The standard InChI is InChI=1S/C20H26N6O3S/c1-25-11-13-9-14(5-6-17(13)30(25,28)29)23-19-18-16(7-8-22-20(18)27)26(24-19)15-4-2-3-12(15)10-21/h5-6,9,12,15-16,18-19,23-24H,2-4,7-8,11H2,1H3,(H,22,27)/t12-,15+,16?,18?,19?/m1/s1. The summed E-state index contributed by atoms with van der Waals surface area (Å²) in [6.07, 6.45) is 3.39. The molecule has 3 heterocycles. The van der Waals surface area contributed by atoms with Crippen molar-refractivity contribution in [1.82, 2.24) is 20.1 Å². The number of benzene rings is 1. The van der Waals surface area contributed by atoms with E-state index in [-0.39, 0.29) is 36.0 Å². The summed E-state index contributed by atoms with van der Waals surface area (Å²) in [5.74, 6) is -0.297. The molecule has 0 spiro atoms. The Bertz CT molecular complexity index is 1020. The van der Waals surface area contributed by atoms with E-state index in [0.29, 0.717) is 18.0 Å². The maximum atomic E-state index is 12.7. The van der Waals surface area contributed by atoms with Crippen LogP contribution >= 0.6 is 0 Å². The zero-order valence-corrected chi connectivity index (χ0v) is 17.7. The van der Waals surface area contributed by atoms with Crippen molar-refractivity contribution in [3.8, 4) is 6.07 Å². The Morgan fingerprint density at radius 3 is 2.87 bits per heavy atom. The molecule has 9 nitrogen and oxygen atoms in total. The highest BCUT2D eigenvalue weighted by Gasteiger charge is 2.51. The van der Waals surface area contributed by atoms with E-state index >= 15 is 0 Å². The first-order chi connectivity index (χ1) is 14.4. The molecular weight excluding hydrogens is 404 g/mol. The molecule has 1 aliphatic carbocycles.